The summed E-state index contributed by atoms with van der Waals surface area (Å²) in [5.41, 5.74) is 0. The van der Waals surface area contributed by atoms with Crippen LogP contribution in [0.15, 0.2) is 0 Å². The van der Waals surface area contributed by atoms with Crippen molar-refractivity contribution in [2.24, 2.45) is 94.7 Å². The molecule has 8 saturated carbocycles. The standard InChI is InChI=1S/4C9H9BrO4.Ti/c4*10-6-2-1-3-5(4(2)8(11)12)9(13)14-7(3)6;/h4*2-7H,1H2,(H,11,12);. The zero-order chi connectivity index (χ0) is 40.1. The molecule has 4 saturated heterocycles. The van der Waals surface area contributed by atoms with Gasteiger partial charge in [0.05, 0.1) is 66.7 Å². The maximum atomic E-state index is 11.4. The number of carboxylic acids is 4. The van der Waals surface area contributed by atoms with Crippen molar-refractivity contribution in [1.82, 2.24) is 0 Å². The van der Waals surface area contributed by atoms with Crippen LogP contribution in [-0.4, -0.2) is 112 Å². The van der Waals surface area contributed by atoms with E-state index in [1.54, 1.807) is 0 Å². The second-order valence-corrected chi connectivity index (χ2v) is 21.4. The van der Waals surface area contributed by atoms with E-state index in [2.05, 4.69) is 63.7 Å². The Bertz CT molecular complexity index is 1580. The van der Waals surface area contributed by atoms with Crippen molar-refractivity contribution >= 4 is 111 Å². The minimum atomic E-state index is -0.857. The van der Waals surface area contributed by atoms with Crippen LogP contribution < -0.4 is 0 Å². The first kappa shape index (κ1) is 42.1. The zero-order valence-corrected chi connectivity index (χ0v) is 37.3. The fourth-order valence-corrected chi connectivity index (χ4v) is 17.4. The van der Waals surface area contributed by atoms with E-state index in [4.69, 9.17) is 39.4 Å². The fraction of sp³-hybridized carbons (Fsp3) is 0.778. The van der Waals surface area contributed by atoms with E-state index in [0.29, 0.717) is 0 Å². The molecule has 24 atom stereocenters. The largest absolute Gasteiger partial charge is 0.481 e. The third kappa shape index (κ3) is 5.95. The van der Waals surface area contributed by atoms with E-state index in [1.807, 2.05) is 0 Å². The van der Waals surface area contributed by atoms with Gasteiger partial charge < -0.3 is 39.4 Å². The number of carbonyl (C=O) groups is 8. The SMILES string of the molecule is O=C(O)C1C2CC3C(OC(=O)C31)C2Br.O=C(O)C1C2CC3C(OC(=O)C31)C2Br.O=C(O)C1C2CC3C(OC(=O)C31)C2Br.O=C(O)C1C2CC3C(OC(=O)C31)C2Br.[Ti]. The Morgan fingerprint density at radius 2 is 0.561 bits per heavy atom. The summed E-state index contributed by atoms with van der Waals surface area (Å²) in [4.78, 5) is 90.1. The predicted molar refractivity (Wildman–Crippen MR) is 195 cm³/mol. The summed E-state index contributed by atoms with van der Waals surface area (Å²) in [6, 6.07) is 0. The Morgan fingerprint density at radius 3 is 0.719 bits per heavy atom. The van der Waals surface area contributed by atoms with Gasteiger partial charge in [0.1, 0.15) is 24.4 Å². The van der Waals surface area contributed by atoms with Gasteiger partial charge in [-0.3, -0.25) is 38.4 Å². The average Bonchev–Trinajstić information content (AvgIpc) is 3.98. The Hall–Kier alpha value is -1.61. The van der Waals surface area contributed by atoms with Crippen LogP contribution in [0.25, 0.3) is 0 Å². The number of hydrogen-bond acceptors (Lipinski definition) is 12. The number of esters is 4. The van der Waals surface area contributed by atoms with E-state index >= 15 is 0 Å². The van der Waals surface area contributed by atoms with Gasteiger partial charge in [0.25, 0.3) is 0 Å². The first-order chi connectivity index (χ1) is 26.4. The molecular weight excluding hydrogens is 1060 g/mol. The molecule has 57 heavy (non-hydrogen) atoms. The van der Waals surface area contributed by atoms with Crippen LogP contribution in [0.3, 0.4) is 0 Å². The summed E-state index contributed by atoms with van der Waals surface area (Å²) in [5, 5.41) is 36.2. The number of halogens is 4. The molecule has 12 fully saturated rings. The van der Waals surface area contributed by atoms with Gasteiger partial charge in [-0.25, -0.2) is 0 Å². The van der Waals surface area contributed by atoms with E-state index in [-0.39, 0.29) is 160 Å². The smallest absolute Gasteiger partial charge is 0.310 e. The third-order valence-electron chi connectivity index (χ3n) is 15.2. The van der Waals surface area contributed by atoms with E-state index in [9.17, 15) is 38.4 Å². The Balaban J connectivity index is 0.000000106. The summed E-state index contributed by atoms with van der Waals surface area (Å²) in [7, 11) is 0. The molecule has 0 aromatic rings. The number of alkyl halides is 4. The summed E-state index contributed by atoms with van der Waals surface area (Å²) in [5.74, 6) is -7.48. The van der Waals surface area contributed by atoms with Crippen molar-refractivity contribution < 1.29 is 99.4 Å². The van der Waals surface area contributed by atoms with Gasteiger partial charge in [-0.2, -0.15) is 0 Å². The van der Waals surface area contributed by atoms with Crippen molar-refractivity contribution in [3.05, 3.63) is 0 Å². The molecule has 8 bridgehead atoms. The molecule has 4 heterocycles. The van der Waals surface area contributed by atoms with Crippen molar-refractivity contribution in [2.45, 2.75) is 69.4 Å². The topological polar surface area (TPSA) is 254 Å². The van der Waals surface area contributed by atoms with Crippen LogP contribution in [0.2, 0.25) is 0 Å². The fourth-order valence-electron chi connectivity index (χ4n) is 13.2. The van der Waals surface area contributed by atoms with E-state index < -0.39 is 47.5 Å². The molecule has 21 heteroatoms. The molecule has 308 valence electrons. The minimum Gasteiger partial charge on any atom is -0.481 e. The van der Waals surface area contributed by atoms with Crippen LogP contribution in [0.4, 0.5) is 0 Å². The molecule has 0 radical (unpaired) electrons. The van der Waals surface area contributed by atoms with Gasteiger partial charge in [0.15, 0.2) is 0 Å². The van der Waals surface area contributed by atoms with Crippen LogP contribution in [0.5, 0.6) is 0 Å². The molecule has 12 rings (SSSR count). The van der Waals surface area contributed by atoms with Crippen molar-refractivity contribution in [3.8, 4) is 0 Å². The minimum absolute atomic E-state index is 0. The molecule has 24 unspecified atom stereocenters. The first-order valence-electron chi connectivity index (χ1n) is 18.7. The maximum absolute atomic E-state index is 11.4. The predicted octanol–water partition coefficient (Wildman–Crippen LogP) is 2.57. The Morgan fingerprint density at radius 1 is 0.386 bits per heavy atom. The average molecular weight is 1090 g/mol. The van der Waals surface area contributed by atoms with Crippen LogP contribution in [-0.2, 0) is 79.0 Å². The maximum Gasteiger partial charge on any atom is 0.310 e. The number of hydrogen-bond donors (Lipinski definition) is 4. The van der Waals surface area contributed by atoms with E-state index in [1.165, 1.54) is 0 Å². The van der Waals surface area contributed by atoms with Gasteiger partial charge in [0, 0.05) is 45.4 Å². The van der Waals surface area contributed by atoms with Crippen molar-refractivity contribution in [2.75, 3.05) is 0 Å². The molecule has 0 spiro atoms. The number of fused-ring (bicyclic) bond motifs is 4. The van der Waals surface area contributed by atoms with Crippen molar-refractivity contribution in [1.29, 1.82) is 0 Å². The van der Waals surface area contributed by atoms with Crippen molar-refractivity contribution in [3.63, 3.8) is 0 Å². The van der Waals surface area contributed by atoms with Gasteiger partial charge >= 0.3 is 47.8 Å². The molecule has 0 aromatic heterocycles. The quantitative estimate of drug-likeness (QED) is 0.137. The van der Waals surface area contributed by atoms with Gasteiger partial charge in [-0.1, -0.05) is 63.7 Å². The second kappa shape index (κ2) is 14.8. The monoisotopic (exact) mass is 1090 g/mol. The number of aliphatic carboxylic acids is 4. The molecule has 0 amide bonds. The number of carbonyl (C=O) groups excluding carboxylic acids is 4. The third-order valence-corrected chi connectivity index (χ3v) is 20.0. The number of carboxylic acid groups (broad SMARTS) is 4. The molecule has 8 aliphatic carbocycles. The summed E-state index contributed by atoms with van der Waals surface area (Å²) < 4.78 is 20.7. The number of ether oxygens (including phenoxy) is 4. The summed E-state index contributed by atoms with van der Waals surface area (Å²) in [6.45, 7) is 0. The van der Waals surface area contributed by atoms with Crippen LogP contribution in [0.1, 0.15) is 25.7 Å². The second-order valence-electron chi connectivity index (χ2n) is 17.2. The van der Waals surface area contributed by atoms with Crippen LogP contribution >= 0.6 is 63.7 Å². The Kier molecular flexibility index (Phi) is 10.9. The molecular formula is C36H36Br4O16Ti. The van der Waals surface area contributed by atoms with Crippen LogP contribution in [0, 0.1) is 94.7 Å². The first-order valence-corrected chi connectivity index (χ1v) is 22.4. The van der Waals surface area contributed by atoms with E-state index in [0.717, 1.165) is 25.7 Å². The molecule has 4 aliphatic heterocycles. The van der Waals surface area contributed by atoms with Gasteiger partial charge in [-0.15, -0.1) is 0 Å². The molecule has 12 aliphatic rings. The summed E-state index contributed by atoms with van der Waals surface area (Å²) >= 11 is 13.8. The zero-order valence-electron chi connectivity index (χ0n) is 29.4. The Labute approximate surface area is 372 Å². The normalized spacial score (nSPS) is 52.7. The molecule has 4 N–H and O–H groups in total. The summed E-state index contributed by atoms with van der Waals surface area (Å²) in [6.07, 6.45) is 2.95. The molecule has 0 aromatic carbocycles. The molecule has 16 nitrogen and oxygen atoms in total. The van der Waals surface area contributed by atoms with Gasteiger partial charge in [-0.05, 0) is 49.4 Å². The number of rotatable bonds is 4. The van der Waals surface area contributed by atoms with Gasteiger partial charge in [0.2, 0.25) is 0 Å².